The third kappa shape index (κ3) is 6.80. The molecule has 0 saturated carbocycles. The Morgan fingerprint density at radius 1 is 1.23 bits per heavy atom. The maximum absolute atomic E-state index is 14.2. The molecule has 0 bridgehead atoms. The van der Waals surface area contributed by atoms with E-state index in [4.69, 9.17) is 27.9 Å². The predicted octanol–water partition coefficient (Wildman–Crippen LogP) is 4.29. The van der Waals surface area contributed by atoms with Crippen LogP contribution in [0.2, 0.25) is 10.0 Å². The molecule has 7 nitrogen and oxygen atoms in total. The largest absolute Gasteiger partial charge is 0.470 e. The number of rotatable bonds is 8. The molecular weight excluding hydrogens is 498 g/mol. The quantitative estimate of drug-likeness (QED) is 0.534. The molecule has 0 radical (unpaired) electrons. The number of alkyl halides is 4. The van der Waals surface area contributed by atoms with E-state index in [1.165, 1.54) is 0 Å². The number of hydrogen-bond donors (Lipinski definition) is 1. The molecule has 0 saturated heterocycles. The van der Waals surface area contributed by atoms with Crippen LogP contribution in [0.5, 0.6) is 17.4 Å². The third-order valence-corrected chi connectivity index (χ3v) is 4.40. The van der Waals surface area contributed by atoms with Gasteiger partial charge in [-0.25, -0.2) is 31.3 Å². The van der Waals surface area contributed by atoms with E-state index in [2.05, 4.69) is 9.72 Å². The van der Waals surface area contributed by atoms with Gasteiger partial charge in [0, 0.05) is 12.1 Å². The van der Waals surface area contributed by atoms with Gasteiger partial charge in [-0.2, -0.15) is 8.78 Å². The lowest BCUT2D eigenvalue weighted by Gasteiger charge is -2.16. The first-order valence-electron chi connectivity index (χ1n) is 7.83. The zero-order chi connectivity index (χ0) is 23.6. The van der Waals surface area contributed by atoms with Crippen LogP contribution in [0.1, 0.15) is 10.4 Å². The number of halogens is 7. The number of sulfonamides is 1. The van der Waals surface area contributed by atoms with Gasteiger partial charge in [-0.05, 0) is 6.07 Å². The van der Waals surface area contributed by atoms with E-state index in [-0.39, 0.29) is 21.5 Å². The number of benzene rings is 1. The van der Waals surface area contributed by atoms with Gasteiger partial charge in [0.2, 0.25) is 15.9 Å². The second-order valence-electron chi connectivity index (χ2n) is 5.88. The molecule has 2 rings (SSSR count). The molecule has 2 aromatic rings. The number of nitrogens with one attached hydrogen (secondary N) is 1. The number of carbonyl (C=O) groups excluding carboxylic acids is 1. The number of ether oxygens (including phenoxy) is 2. The number of amides is 1. The van der Waals surface area contributed by atoms with Gasteiger partial charge in [-0.1, -0.05) is 23.2 Å². The second kappa shape index (κ2) is 9.40. The molecule has 31 heavy (non-hydrogen) atoms. The summed E-state index contributed by atoms with van der Waals surface area (Å²) in [6.07, 6.45) is -2.35. The van der Waals surface area contributed by atoms with Crippen LogP contribution in [0, 0.1) is 5.82 Å². The minimum atomic E-state index is -4.42. The zero-order valence-corrected chi connectivity index (χ0v) is 17.5. The second-order valence-corrected chi connectivity index (χ2v) is 8.44. The van der Waals surface area contributed by atoms with E-state index in [1.807, 2.05) is 0 Å². The molecule has 0 unspecified atom stereocenters. The first-order chi connectivity index (χ1) is 14.2. The number of hydrogen-bond acceptors (Lipinski definition) is 6. The number of aromatic nitrogens is 1. The highest BCUT2D eigenvalue weighted by Gasteiger charge is 2.42. The molecule has 1 heterocycles. The molecule has 1 aromatic heterocycles. The lowest BCUT2D eigenvalue weighted by molar-refractivity contribution is -0.148. The molecule has 1 aromatic carbocycles. The predicted molar refractivity (Wildman–Crippen MR) is 99.5 cm³/mol. The van der Waals surface area contributed by atoms with Crippen molar-refractivity contribution < 1.29 is 44.6 Å². The maximum atomic E-state index is 14.2. The van der Waals surface area contributed by atoms with Crippen molar-refractivity contribution in [2.75, 3.05) is 12.9 Å². The summed E-state index contributed by atoms with van der Waals surface area (Å²) in [4.78, 5) is 15.3. The summed E-state index contributed by atoms with van der Waals surface area (Å²) in [6, 6.07) is 2.50. The molecule has 1 amide bonds. The van der Waals surface area contributed by atoms with Crippen molar-refractivity contribution in [1.29, 1.82) is 0 Å². The molecule has 0 fully saturated rings. The Balaban J connectivity index is 2.18. The number of carbonyl (C=O) groups is 1. The van der Waals surface area contributed by atoms with Crippen LogP contribution in [0.25, 0.3) is 0 Å². The van der Waals surface area contributed by atoms with E-state index >= 15 is 0 Å². The summed E-state index contributed by atoms with van der Waals surface area (Å²) in [6.45, 7) is -1.67. The Morgan fingerprint density at radius 2 is 1.87 bits per heavy atom. The Hall–Kier alpha value is -2.38. The summed E-state index contributed by atoms with van der Waals surface area (Å²) < 4.78 is 97.8. The fraction of sp³-hybridized carbons (Fsp3) is 0.250. The fourth-order valence-corrected chi connectivity index (χ4v) is 2.79. The van der Waals surface area contributed by atoms with Gasteiger partial charge in [-0.15, -0.1) is 0 Å². The van der Waals surface area contributed by atoms with Crippen molar-refractivity contribution >= 4 is 39.1 Å². The highest BCUT2D eigenvalue weighted by molar-refractivity contribution is 7.89. The molecule has 0 aliphatic carbocycles. The van der Waals surface area contributed by atoms with Crippen LogP contribution in [0.4, 0.5) is 22.0 Å². The smallest absolute Gasteiger partial charge is 0.340 e. The zero-order valence-electron chi connectivity index (χ0n) is 15.1. The summed E-state index contributed by atoms with van der Waals surface area (Å²) >= 11 is 11.7. The van der Waals surface area contributed by atoms with Crippen molar-refractivity contribution in [2.24, 2.45) is 0 Å². The molecule has 170 valence electrons. The van der Waals surface area contributed by atoms with Crippen molar-refractivity contribution in [3.05, 3.63) is 45.8 Å². The number of pyridine rings is 1. The Bertz CT molecular complexity index is 1100. The van der Waals surface area contributed by atoms with Gasteiger partial charge in [0.25, 0.3) is 5.91 Å². The van der Waals surface area contributed by atoms with E-state index in [9.17, 15) is 35.2 Å². The molecule has 0 spiro atoms. The van der Waals surface area contributed by atoms with Crippen molar-refractivity contribution in [3.8, 4) is 17.4 Å². The van der Waals surface area contributed by atoms with Crippen LogP contribution in [-0.2, 0) is 10.0 Å². The van der Waals surface area contributed by atoms with Crippen molar-refractivity contribution in [2.45, 2.75) is 12.3 Å². The van der Waals surface area contributed by atoms with Crippen LogP contribution in [0.15, 0.2) is 24.4 Å². The van der Waals surface area contributed by atoms with Crippen LogP contribution >= 0.6 is 23.2 Å². The van der Waals surface area contributed by atoms with Crippen molar-refractivity contribution in [3.63, 3.8) is 0 Å². The highest BCUT2D eigenvalue weighted by Crippen LogP contribution is 2.35. The lowest BCUT2D eigenvalue weighted by Crippen LogP contribution is -2.33. The van der Waals surface area contributed by atoms with Crippen molar-refractivity contribution in [1.82, 2.24) is 9.71 Å². The summed E-state index contributed by atoms with van der Waals surface area (Å²) in [5.74, 6) is -7.94. The monoisotopic (exact) mass is 508 g/mol. The average molecular weight is 509 g/mol. The van der Waals surface area contributed by atoms with E-state index < -0.39 is 52.1 Å². The molecular formula is C16H11Cl2F5N2O5S. The van der Waals surface area contributed by atoms with Gasteiger partial charge in [0.1, 0.15) is 22.3 Å². The average Bonchev–Trinajstić information content (AvgIpc) is 2.62. The molecule has 0 aliphatic heterocycles. The van der Waals surface area contributed by atoms with Gasteiger partial charge >= 0.3 is 12.3 Å². The third-order valence-electron chi connectivity index (χ3n) is 3.28. The van der Waals surface area contributed by atoms with Crippen LogP contribution in [0.3, 0.4) is 0 Å². The van der Waals surface area contributed by atoms with Gasteiger partial charge in [-0.3, -0.25) is 4.79 Å². The van der Waals surface area contributed by atoms with Gasteiger partial charge in [0.15, 0.2) is 6.61 Å². The summed E-state index contributed by atoms with van der Waals surface area (Å²) in [7, 11) is -3.95. The number of nitrogens with zero attached hydrogens (tertiary/aromatic N) is 1. The normalized spacial score (nSPS) is 12.0. The highest BCUT2D eigenvalue weighted by atomic mass is 35.5. The van der Waals surface area contributed by atoms with Gasteiger partial charge in [0.05, 0.1) is 23.0 Å². The topological polar surface area (TPSA) is 94.6 Å². The van der Waals surface area contributed by atoms with E-state index in [1.54, 1.807) is 4.72 Å². The molecule has 0 atom stereocenters. The van der Waals surface area contributed by atoms with Gasteiger partial charge < -0.3 is 9.47 Å². The standard InChI is InChI=1S/C16H11Cl2F5N2O5S/c1-31(27,28)25-13(26)8-3-9(17)12(4-11(8)19)30-7-2-10(18)14(24-5-7)29-6-16(22,23)15(20)21/h2-5,15H,6H2,1H3,(H,25,26). The fourth-order valence-electron chi connectivity index (χ4n) is 1.93. The Morgan fingerprint density at radius 3 is 2.42 bits per heavy atom. The first kappa shape index (κ1) is 24.9. The summed E-state index contributed by atoms with van der Waals surface area (Å²) in [5.41, 5.74) is -0.678. The van der Waals surface area contributed by atoms with Crippen LogP contribution in [-0.4, -0.2) is 44.5 Å². The molecule has 15 heteroatoms. The summed E-state index contributed by atoms with van der Waals surface area (Å²) in [5, 5.41) is -0.684. The minimum absolute atomic E-state index is 0.174. The molecule has 1 N–H and O–H groups in total. The maximum Gasteiger partial charge on any atom is 0.340 e. The van der Waals surface area contributed by atoms with E-state index in [0.717, 1.165) is 18.3 Å². The lowest BCUT2D eigenvalue weighted by atomic mass is 10.2. The van der Waals surface area contributed by atoms with Crippen LogP contribution < -0.4 is 14.2 Å². The van der Waals surface area contributed by atoms with E-state index in [0.29, 0.717) is 12.3 Å². The first-order valence-corrected chi connectivity index (χ1v) is 10.5. The molecule has 0 aliphatic rings. The Kier molecular flexibility index (Phi) is 7.55. The Labute approximate surface area is 182 Å². The minimum Gasteiger partial charge on any atom is -0.470 e. The SMILES string of the molecule is CS(=O)(=O)NC(=O)c1cc(Cl)c(Oc2cnc(OCC(F)(F)C(F)F)c(Cl)c2)cc1F.